The summed E-state index contributed by atoms with van der Waals surface area (Å²) in [6, 6.07) is 10.2. The average molecular weight is 358 g/mol. The van der Waals surface area contributed by atoms with Crippen LogP contribution < -0.4 is 4.90 Å². The molecule has 0 unspecified atom stereocenters. The van der Waals surface area contributed by atoms with E-state index in [9.17, 15) is 4.79 Å². The van der Waals surface area contributed by atoms with Crippen LogP contribution in [0.1, 0.15) is 22.2 Å². The van der Waals surface area contributed by atoms with Crippen molar-refractivity contribution >= 4 is 43.9 Å². The van der Waals surface area contributed by atoms with Crippen LogP contribution in [0.15, 0.2) is 35.7 Å². The SMILES string of the molecule is CCc1cccc2sc(N3CCN(C(=O)c4cccs4)CC3)nc12. The third-order valence-electron chi connectivity index (χ3n) is 4.44. The van der Waals surface area contributed by atoms with Crippen molar-refractivity contribution < 1.29 is 4.79 Å². The van der Waals surface area contributed by atoms with Gasteiger partial charge in [0.25, 0.3) is 5.91 Å². The van der Waals surface area contributed by atoms with E-state index in [-0.39, 0.29) is 5.91 Å². The number of thiophene rings is 1. The second-order valence-electron chi connectivity index (χ2n) is 5.87. The van der Waals surface area contributed by atoms with Crippen LogP contribution in [0.3, 0.4) is 0 Å². The van der Waals surface area contributed by atoms with Crippen LogP contribution in [0.4, 0.5) is 5.13 Å². The number of aryl methyl sites for hydroxylation is 1. The molecule has 124 valence electrons. The molecule has 4 nitrogen and oxygen atoms in total. The number of amides is 1. The van der Waals surface area contributed by atoms with Crippen molar-refractivity contribution in [2.45, 2.75) is 13.3 Å². The minimum absolute atomic E-state index is 0.155. The van der Waals surface area contributed by atoms with Crippen LogP contribution in [0, 0.1) is 0 Å². The van der Waals surface area contributed by atoms with E-state index >= 15 is 0 Å². The third-order valence-corrected chi connectivity index (χ3v) is 6.38. The lowest BCUT2D eigenvalue weighted by Crippen LogP contribution is -2.48. The highest BCUT2D eigenvalue weighted by molar-refractivity contribution is 7.22. The maximum absolute atomic E-state index is 12.4. The fourth-order valence-corrected chi connectivity index (χ4v) is 4.83. The Labute approximate surface area is 149 Å². The molecular formula is C18H19N3OS2. The lowest BCUT2D eigenvalue weighted by Gasteiger charge is -2.34. The van der Waals surface area contributed by atoms with Gasteiger partial charge in [-0.1, -0.05) is 36.5 Å². The second kappa shape index (κ2) is 6.53. The van der Waals surface area contributed by atoms with E-state index in [1.807, 2.05) is 22.4 Å². The lowest BCUT2D eigenvalue weighted by atomic mass is 10.1. The van der Waals surface area contributed by atoms with Gasteiger partial charge in [0.05, 0.1) is 15.1 Å². The number of carbonyl (C=O) groups excluding carboxylic acids is 1. The Hall–Kier alpha value is -1.92. The first-order valence-corrected chi connectivity index (χ1v) is 9.92. The zero-order chi connectivity index (χ0) is 16.5. The number of aromatic nitrogens is 1. The van der Waals surface area contributed by atoms with E-state index in [2.05, 4.69) is 30.0 Å². The third kappa shape index (κ3) is 2.80. The molecule has 1 aromatic carbocycles. The minimum atomic E-state index is 0.155. The van der Waals surface area contributed by atoms with Gasteiger partial charge in [0.15, 0.2) is 5.13 Å². The lowest BCUT2D eigenvalue weighted by molar-refractivity contribution is 0.0751. The monoisotopic (exact) mass is 357 g/mol. The molecule has 1 saturated heterocycles. The van der Waals surface area contributed by atoms with Crippen LogP contribution in [-0.2, 0) is 6.42 Å². The molecule has 0 saturated carbocycles. The minimum Gasteiger partial charge on any atom is -0.345 e. The first-order valence-electron chi connectivity index (χ1n) is 8.22. The predicted octanol–water partition coefficient (Wildman–Crippen LogP) is 3.88. The number of para-hydroxylation sites is 1. The van der Waals surface area contributed by atoms with Crippen molar-refractivity contribution in [3.8, 4) is 0 Å². The number of thiazole rings is 1. The molecule has 0 bridgehead atoms. The Bertz CT molecular complexity index is 848. The first kappa shape index (κ1) is 15.6. The summed E-state index contributed by atoms with van der Waals surface area (Å²) in [6.07, 6.45) is 1.00. The molecule has 1 fully saturated rings. The molecule has 0 aliphatic carbocycles. The number of carbonyl (C=O) groups is 1. The van der Waals surface area contributed by atoms with E-state index in [0.29, 0.717) is 0 Å². The topological polar surface area (TPSA) is 36.4 Å². The molecule has 2 aromatic heterocycles. The Morgan fingerprint density at radius 2 is 2.00 bits per heavy atom. The van der Waals surface area contributed by atoms with E-state index < -0.39 is 0 Å². The van der Waals surface area contributed by atoms with Gasteiger partial charge in [-0.3, -0.25) is 4.79 Å². The molecular weight excluding hydrogens is 338 g/mol. The number of benzene rings is 1. The molecule has 1 amide bonds. The number of nitrogens with zero attached hydrogens (tertiary/aromatic N) is 3. The molecule has 0 atom stereocenters. The highest BCUT2D eigenvalue weighted by atomic mass is 32.1. The Morgan fingerprint density at radius 1 is 1.17 bits per heavy atom. The van der Waals surface area contributed by atoms with Crippen molar-refractivity contribution in [3.05, 3.63) is 46.2 Å². The van der Waals surface area contributed by atoms with Gasteiger partial charge in [-0.2, -0.15) is 0 Å². The maximum Gasteiger partial charge on any atom is 0.264 e. The average Bonchev–Trinajstić information content (AvgIpc) is 3.30. The van der Waals surface area contributed by atoms with Gasteiger partial charge < -0.3 is 9.80 Å². The molecule has 0 N–H and O–H groups in total. The zero-order valence-corrected chi connectivity index (χ0v) is 15.2. The maximum atomic E-state index is 12.4. The molecule has 3 heterocycles. The fraction of sp³-hybridized carbons (Fsp3) is 0.333. The van der Waals surface area contributed by atoms with E-state index in [0.717, 1.165) is 48.1 Å². The number of anilines is 1. The number of hydrogen-bond donors (Lipinski definition) is 0. The summed E-state index contributed by atoms with van der Waals surface area (Å²) in [7, 11) is 0. The Morgan fingerprint density at radius 3 is 2.71 bits per heavy atom. The Kier molecular flexibility index (Phi) is 4.24. The highest BCUT2D eigenvalue weighted by Crippen LogP contribution is 2.31. The predicted molar refractivity (Wildman–Crippen MR) is 101 cm³/mol. The Balaban J connectivity index is 1.49. The number of fused-ring (bicyclic) bond motifs is 1. The zero-order valence-electron chi connectivity index (χ0n) is 13.6. The van der Waals surface area contributed by atoms with E-state index in [1.165, 1.54) is 21.6 Å². The van der Waals surface area contributed by atoms with Gasteiger partial charge in [0.1, 0.15) is 0 Å². The molecule has 24 heavy (non-hydrogen) atoms. The van der Waals surface area contributed by atoms with Crippen molar-refractivity contribution in [1.82, 2.24) is 9.88 Å². The van der Waals surface area contributed by atoms with Crippen molar-refractivity contribution in [1.29, 1.82) is 0 Å². The molecule has 0 radical (unpaired) electrons. The molecule has 6 heteroatoms. The van der Waals surface area contributed by atoms with E-state index in [4.69, 9.17) is 4.98 Å². The van der Waals surface area contributed by atoms with Crippen LogP contribution in [0.25, 0.3) is 10.2 Å². The molecule has 3 aromatic rings. The number of hydrogen-bond acceptors (Lipinski definition) is 5. The van der Waals surface area contributed by atoms with Crippen LogP contribution >= 0.6 is 22.7 Å². The van der Waals surface area contributed by atoms with Crippen molar-refractivity contribution in [2.75, 3.05) is 31.1 Å². The quantitative estimate of drug-likeness (QED) is 0.714. The summed E-state index contributed by atoms with van der Waals surface area (Å²) in [5, 5.41) is 3.03. The van der Waals surface area contributed by atoms with Gasteiger partial charge in [-0.15, -0.1) is 11.3 Å². The van der Waals surface area contributed by atoms with Crippen molar-refractivity contribution in [3.63, 3.8) is 0 Å². The molecule has 4 rings (SSSR count). The van der Waals surface area contributed by atoms with Gasteiger partial charge in [-0.25, -0.2) is 4.98 Å². The molecule has 1 aliphatic heterocycles. The normalized spacial score (nSPS) is 15.2. The summed E-state index contributed by atoms with van der Waals surface area (Å²) in [5.41, 5.74) is 2.44. The van der Waals surface area contributed by atoms with Gasteiger partial charge in [0.2, 0.25) is 0 Å². The standard InChI is InChI=1S/C18H19N3OS2/c1-2-13-5-3-6-14-16(13)19-18(24-14)21-10-8-20(9-11-21)17(22)15-7-4-12-23-15/h3-7,12H,2,8-11H2,1H3. The summed E-state index contributed by atoms with van der Waals surface area (Å²) in [5.74, 6) is 0.155. The van der Waals surface area contributed by atoms with Gasteiger partial charge in [0, 0.05) is 26.2 Å². The highest BCUT2D eigenvalue weighted by Gasteiger charge is 2.24. The number of piperazine rings is 1. The molecule has 1 aliphatic rings. The first-order chi connectivity index (χ1) is 11.8. The number of rotatable bonds is 3. The second-order valence-corrected chi connectivity index (χ2v) is 7.83. The van der Waals surface area contributed by atoms with Gasteiger partial charge >= 0.3 is 0 Å². The fourth-order valence-electron chi connectivity index (χ4n) is 3.07. The van der Waals surface area contributed by atoms with Crippen molar-refractivity contribution in [2.24, 2.45) is 0 Å². The van der Waals surface area contributed by atoms with Crippen LogP contribution in [0.5, 0.6) is 0 Å². The van der Waals surface area contributed by atoms with Gasteiger partial charge in [-0.05, 0) is 29.5 Å². The summed E-state index contributed by atoms with van der Waals surface area (Å²) in [4.78, 5) is 22.4. The summed E-state index contributed by atoms with van der Waals surface area (Å²) < 4.78 is 1.25. The van der Waals surface area contributed by atoms with Crippen LogP contribution in [0.2, 0.25) is 0 Å². The van der Waals surface area contributed by atoms with Crippen LogP contribution in [-0.4, -0.2) is 42.0 Å². The summed E-state index contributed by atoms with van der Waals surface area (Å²) >= 11 is 3.27. The van der Waals surface area contributed by atoms with E-state index in [1.54, 1.807) is 11.3 Å². The summed E-state index contributed by atoms with van der Waals surface area (Å²) in [6.45, 7) is 5.38. The smallest absolute Gasteiger partial charge is 0.264 e. The largest absolute Gasteiger partial charge is 0.345 e. The molecule has 0 spiro atoms.